The Hall–Kier alpha value is -2.49. The monoisotopic (exact) mass is 270 g/mol. The van der Waals surface area contributed by atoms with Gasteiger partial charge >= 0.3 is 6.03 Å². The highest BCUT2D eigenvalue weighted by Crippen LogP contribution is 2.17. The molecule has 4 heteroatoms. The van der Waals surface area contributed by atoms with Crippen molar-refractivity contribution in [1.29, 1.82) is 0 Å². The van der Waals surface area contributed by atoms with Crippen molar-refractivity contribution in [3.05, 3.63) is 60.2 Å². The Morgan fingerprint density at radius 2 is 1.90 bits per heavy atom. The van der Waals surface area contributed by atoms with Crippen molar-refractivity contribution in [2.75, 3.05) is 11.9 Å². The molecule has 0 aliphatic heterocycles. The van der Waals surface area contributed by atoms with E-state index >= 15 is 0 Å². The lowest BCUT2D eigenvalue weighted by Crippen LogP contribution is -2.28. The lowest BCUT2D eigenvalue weighted by molar-refractivity contribution is 0.251. The summed E-state index contributed by atoms with van der Waals surface area (Å²) in [7, 11) is 0. The molecule has 0 heterocycles. The maximum Gasteiger partial charge on any atom is 0.319 e. The number of anilines is 1. The van der Waals surface area contributed by atoms with Crippen LogP contribution in [0.25, 0.3) is 0 Å². The second-order valence-corrected chi connectivity index (χ2v) is 4.25. The SMILES string of the molecule is CCOc1cccc(NC(=O)NCc2ccccc2)c1. The maximum absolute atomic E-state index is 11.8. The molecular weight excluding hydrogens is 252 g/mol. The van der Waals surface area contributed by atoms with Crippen LogP contribution in [0.1, 0.15) is 12.5 Å². The minimum absolute atomic E-state index is 0.234. The molecule has 0 aromatic heterocycles. The largest absolute Gasteiger partial charge is 0.494 e. The van der Waals surface area contributed by atoms with Crippen molar-refractivity contribution >= 4 is 11.7 Å². The number of urea groups is 1. The average molecular weight is 270 g/mol. The van der Waals surface area contributed by atoms with Gasteiger partial charge in [-0.3, -0.25) is 0 Å². The van der Waals surface area contributed by atoms with E-state index in [2.05, 4.69) is 10.6 Å². The predicted octanol–water partition coefficient (Wildman–Crippen LogP) is 3.41. The van der Waals surface area contributed by atoms with Crippen LogP contribution in [-0.2, 0) is 6.54 Å². The third-order valence-corrected chi connectivity index (χ3v) is 2.70. The Morgan fingerprint density at radius 3 is 2.65 bits per heavy atom. The minimum Gasteiger partial charge on any atom is -0.494 e. The second-order valence-electron chi connectivity index (χ2n) is 4.25. The number of carbonyl (C=O) groups excluding carboxylic acids is 1. The molecule has 0 spiro atoms. The van der Waals surface area contributed by atoms with Crippen molar-refractivity contribution in [3.8, 4) is 5.75 Å². The molecule has 2 aromatic rings. The van der Waals surface area contributed by atoms with Gasteiger partial charge in [0.1, 0.15) is 5.75 Å². The molecule has 2 amide bonds. The molecule has 0 unspecified atom stereocenters. The van der Waals surface area contributed by atoms with Crippen LogP contribution in [0.2, 0.25) is 0 Å². The number of ether oxygens (including phenoxy) is 1. The average Bonchev–Trinajstić information content (AvgIpc) is 2.47. The molecule has 0 aliphatic rings. The molecule has 20 heavy (non-hydrogen) atoms. The quantitative estimate of drug-likeness (QED) is 0.874. The second kappa shape index (κ2) is 7.19. The number of rotatable bonds is 5. The molecule has 0 saturated heterocycles. The fourth-order valence-corrected chi connectivity index (χ4v) is 1.78. The first-order valence-corrected chi connectivity index (χ1v) is 6.59. The van der Waals surface area contributed by atoms with Crippen LogP contribution in [-0.4, -0.2) is 12.6 Å². The van der Waals surface area contributed by atoms with E-state index in [1.807, 2.05) is 55.5 Å². The van der Waals surface area contributed by atoms with Gasteiger partial charge in [-0.2, -0.15) is 0 Å². The zero-order valence-electron chi connectivity index (χ0n) is 11.4. The highest BCUT2D eigenvalue weighted by molar-refractivity contribution is 5.89. The van der Waals surface area contributed by atoms with Gasteiger partial charge in [0, 0.05) is 18.3 Å². The Bertz CT molecular complexity index is 555. The summed E-state index contributed by atoms with van der Waals surface area (Å²) in [5.74, 6) is 0.744. The van der Waals surface area contributed by atoms with E-state index in [0.29, 0.717) is 18.8 Å². The summed E-state index contributed by atoms with van der Waals surface area (Å²) in [6.45, 7) is 3.02. The first-order valence-electron chi connectivity index (χ1n) is 6.59. The number of carbonyl (C=O) groups is 1. The molecule has 0 radical (unpaired) electrons. The molecule has 2 rings (SSSR count). The van der Waals surface area contributed by atoms with Crippen LogP contribution < -0.4 is 15.4 Å². The topological polar surface area (TPSA) is 50.4 Å². The smallest absolute Gasteiger partial charge is 0.319 e. The first-order chi connectivity index (χ1) is 9.78. The Morgan fingerprint density at radius 1 is 1.10 bits per heavy atom. The van der Waals surface area contributed by atoms with Gasteiger partial charge in [0.2, 0.25) is 0 Å². The summed E-state index contributed by atoms with van der Waals surface area (Å²) in [6.07, 6.45) is 0. The lowest BCUT2D eigenvalue weighted by atomic mass is 10.2. The number of benzene rings is 2. The molecule has 104 valence electrons. The third-order valence-electron chi connectivity index (χ3n) is 2.70. The summed E-state index contributed by atoms with van der Waals surface area (Å²) < 4.78 is 5.39. The lowest BCUT2D eigenvalue weighted by Gasteiger charge is -2.09. The van der Waals surface area contributed by atoms with Gasteiger partial charge in [0.15, 0.2) is 0 Å². The molecule has 0 atom stereocenters. The van der Waals surface area contributed by atoms with Crippen LogP contribution in [0.3, 0.4) is 0 Å². The minimum atomic E-state index is -0.234. The molecule has 2 N–H and O–H groups in total. The fraction of sp³-hybridized carbons (Fsp3) is 0.188. The van der Waals surface area contributed by atoms with Gasteiger partial charge < -0.3 is 15.4 Å². The molecule has 0 fully saturated rings. The highest BCUT2D eigenvalue weighted by atomic mass is 16.5. The zero-order chi connectivity index (χ0) is 14.2. The standard InChI is InChI=1S/C16H18N2O2/c1-2-20-15-10-6-9-14(11-15)18-16(19)17-12-13-7-4-3-5-8-13/h3-11H,2,12H2,1H3,(H2,17,18,19). The summed E-state index contributed by atoms with van der Waals surface area (Å²) in [5, 5.41) is 5.59. The van der Waals surface area contributed by atoms with E-state index < -0.39 is 0 Å². The fourth-order valence-electron chi connectivity index (χ4n) is 1.78. The van der Waals surface area contributed by atoms with E-state index in [-0.39, 0.29) is 6.03 Å². The van der Waals surface area contributed by atoms with Crippen molar-refractivity contribution in [2.45, 2.75) is 13.5 Å². The highest BCUT2D eigenvalue weighted by Gasteiger charge is 2.02. The van der Waals surface area contributed by atoms with E-state index in [0.717, 1.165) is 11.3 Å². The van der Waals surface area contributed by atoms with Gasteiger partial charge in [0.05, 0.1) is 6.61 Å². The van der Waals surface area contributed by atoms with Crippen LogP contribution in [0.15, 0.2) is 54.6 Å². The van der Waals surface area contributed by atoms with Crippen LogP contribution in [0.5, 0.6) is 5.75 Å². The van der Waals surface area contributed by atoms with Crippen LogP contribution >= 0.6 is 0 Å². The third kappa shape index (κ3) is 4.31. The maximum atomic E-state index is 11.8. The van der Waals surface area contributed by atoms with Crippen molar-refractivity contribution in [2.24, 2.45) is 0 Å². The Balaban J connectivity index is 1.86. The molecule has 4 nitrogen and oxygen atoms in total. The van der Waals surface area contributed by atoms with Crippen molar-refractivity contribution in [3.63, 3.8) is 0 Å². The van der Waals surface area contributed by atoms with Gasteiger partial charge in [0.25, 0.3) is 0 Å². The zero-order valence-corrected chi connectivity index (χ0v) is 11.4. The molecule has 0 bridgehead atoms. The Kier molecular flexibility index (Phi) is 5.00. The van der Waals surface area contributed by atoms with Crippen LogP contribution in [0.4, 0.5) is 10.5 Å². The molecule has 2 aromatic carbocycles. The summed E-state index contributed by atoms with van der Waals surface area (Å²) in [4.78, 5) is 11.8. The summed E-state index contributed by atoms with van der Waals surface area (Å²) >= 11 is 0. The van der Waals surface area contributed by atoms with Crippen molar-refractivity contribution < 1.29 is 9.53 Å². The number of hydrogen-bond acceptors (Lipinski definition) is 2. The number of nitrogens with one attached hydrogen (secondary N) is 2. The number of amides is 2. The van der Waals surface area contributed by atoms with Gasteiger partial charge in [-0.15, -0.1) is 0 Å². The van der Waals surface area contributed by atoms with E-state index in [4.69, 9.17) is 4.74 Å². The Labute approximate surface area is 118 Å². The van der Waals surface area contributed by atoms with Crippen LogP contribution in [0, 0.1) is 0 Å². The number of hydrogen-bond donors (Lipinski definition) is 2. The van der Waals surface area contributed by atoms with Crippen molar-refractivity contribution in [1.82, 2.24) is 5.32 Å². The van der Waals surface area contributed by atoms with E-state index in [9.17, 15) is 4.79 Å². The molecule has 0 aliphatic carbocycles. The van der Waals surface area contributed by atoms with Gasteiger partial charge in [-0.1, -0.05) is 36.4 Å². The molecule has 0 saturated carbocycles. The first kappa shape index (κ1) is 13.9. The van der Waals surface area contributed by atoms with E-state index in [1.54, 1.807) is 6.07 Å². The summed E-state index contributed by atoms with van der Waals surface area (Å²) in [6, 6.07) is 16.9. The summed E-state index contributed by atoms with van der Waals surface area (Å²) in [5.41, 5.74) is 1.77. The van der Waals surface area contributed by atoms with Gasteiger partial charge in [-0.25, -0.2) is 4.79 Å². The predicted molar refractivity (Wildman–Crippen MR) is 79.9 cm³/mol. The molecular formula is C16H18N2O2. The van der Waals surface area contributed by atoms with Gasteiger partial charge in [-0.05, 0) is 24.6 Å². The van der Waals surface area contributed by atoms with E-state index in [1.165, 1.54) is 0 Å². The normalized spacial score (nSPS) is 9.85.